The minimum Gasteiger partial charge on any atom is -0.507 e. The number of fused-ring (bicyclic) bond motifs is 4. The average Bonchev–Trinajstić information content (AvgIpc) is 2.96. The lowest BCUT2D eigenvalue weighted by atomic mass is 9.79. The van der Waals surface area contributed by atoms with Crippen molar-refractivity contribution >= 4 is 21.5 Å². The number of hydrogen-bond donors (Lipinski definition) is 2. The van der Waals surface area contributed by atoms with Crippen LogP contribution >= 0.6 is 0 Å². The third kappa shape index (κ3) is 3.89. The molecule has 0 bridgehead atoms. The van der Waals surface area contributed by atoms with Gasteiger partial charge >= 0.3 is 0 Å². The molecule has 0 radical (unpaired) electrons. The normalized spacial score (nSPS) is 18.4. The van der Waals surface area contributed by atoms with E-state index < -0.39 is 0 Å². The zero-order valence-electron chi connectivity index (χ0n) is 23.6. The van der Waals surface area contributed by atoms with Crippen LogP contribution in [0.5, 0.6) is 34.5 Å². The molecule has 0 saturated carbocycles. The average molecular weight is 547 g/mol. The third-order valence-electron chi connectivity index (χ3n) is 8.24. The molecule has 2 heterocycles. The van der Waals surface area contributed by atoms with Gasteiger partial charge < -0.3 is 38.6 Å². The summed E-state index contributed by atoms with van der Waals surface area (Å²) in [5, 5.41) is 26.0. The van der Waals surface area contributed by atoms with Crippen molar-refractivity contribution in [1.29, 1.82) is 0 Å². The van der Waals surface area contributed by atoms with Crippen molar-refractivity contribution in [3.8, 4) is 45.6 Å². The molecule has 2 unspecified atom stereocenters. The number of benzene rings is 4. The molecule has 2 aliphatic heterocycles. The van der Waals surface area contributed by atoms with Crippen LogP contribution in [0.15, 0.2) is 24.3 Å². The fraction of sp³-hybridized carbons (Fsp3) is 0.375. The van der Waals surface area contributed by atoms with Gasteiger partial charge in [-0.15, -0.1) is 0 Å². The number of phenols is 2. The van der Waals surface area contributed by atoms with Crippen molar-refractivity contribution in [1.82, 2.24) is 0 Å². The molecular weight excluding hydrogens is 512 g/mol. The molecular formula is C32H34O8. The molecule has 0 aromatic heterocycles. The van der Waals surface area contributed by atoms with Crippen LogP contribution in [0.4, 0.5) is 0 Å². The van der Waals surface area contributed by atoms with Crippen LogP contribution in [0, 0.1) is 0 Å². The second-order valence-electron chi connectivity index (χ2n) is 10.5. The predicted molar refractivity (Wildman–Crippen MR) is 152 cm³/mol. The Labute approximate surface area is 232 Å². The van der Waals surface area contributed by atoms with Crippen LogP contribution < -0.4 is 18.9 Å². The van der Waals surface area contributed by atoms with Gasteiger partial charge in [0.15, 0.2) is 0 Å². The van der Waals surface area contributed by atoms with Gasteiger partial charge in [-0.1, -0.05) is 0 Å². The number of methoxy groups -OCH3 is 4. The predicted octanol–water partition coefficient (Wildman–Crippen LogP) is 6.03. The molecule has 2 aliphatic rings. The summed E-state index contributed by atoms with van der Waals surface area (Å²) in [6, 6.07) is 7.44. The van der Waals surface area contributed by atoms with E-state index in [4.69, 9.17) is 28.4 Å². The number of aromatic hydroxyl groups is 2. The quantitative estimate of drug-likeness (QED) is 0.313. The summed E-state index contributed by atoms with van der Waals surface area (Å²) >= 11 is 0. The summed E-state index contributed by atoms with van der Waals surface area (Å²) in [6.45, 7) is 4.61. The van der Waals surface area contributed by atoms with Gasteiger partial charge in [-0.2, -0.15) is 0 Å². The Hall–Kier alpha value is -3.88. The molecule has 6 rings (SSSR count). The molecule has 0 amide bonds. The number of hydrogen-bond acceptors (Lipinski definition) is 8. The van der Waals surface area contributed by atoms with Gasteiger partial charge in [-0.25, -0.2) is 0 Å². The fourth-order valence-corrected chi connectivity index (χ4v) is 6.31. The second kappa shape index (κ2) is 9.94. The van der Waals surface area contributed by atoms with Gasteiger partial charge in [0, 0.05) is 34.0 Å². The molecule has 0 saturated heterocycles. The maximum atomic E-state index is 11.6. The Morgan fingerprint density at radius 1 is 0.600 bits per heavy atom. The first kappa shape index (κ1) is 26.3. The first-order chi connectivity index (χ1) is 19.3. The van der Waals surface area contributed by atoms with Gasteiger partial charge in [0.1, 0.15) is 34.5 Å². The lowest BCUT2D eigenvalue weighted by Crippen LogP contribution is -2.22. The zero-order chi connectivity index (χ0) is 28.3. The van der Waals surface area contributed by atoms with E-state index >= 15 is 0 Å². The van der Waals surface area contributed by atoms with Crippen molar-refractivity contribution in [2.24, 2.45) is 0 Å². The van der Waals surface area contributed by atoms with E-state index in [1.807, 2.05) is 26.0 Å². The van der Waals surface area contributed by atoms with E-state index in [1.54, 1.807) is 40.6 Å². The number of ether oxygens (including phenoxy) is 6. The first-order valence-electron chi connectivity index (χ1n) is 13.4. The SMILES string of the molecule is COc1cc(OC)c2c(O)c3c(c(-c4c5c(c(O)c6c(OC)cc(OC)cc46)COC(C)C5)c2c1)CC(C)OC3. The van der Waals surface area contributed by atoms with Crippen molar-refractivity contribution in [2.45, 2.75) is 52.1 Å². The summed E-state index contributed by atoms with van der Waals surface area (Å²) in [7, 11) is 6.39. The Bertz CT molecular complexity index is 1530. The molecule has 0 aliphatic carbocycles. The largest absolute Gasteiger partial charge is 0.507 e. The molecule has 210 valence electrons. The molecule has 2 N–H and O–H groups in total. The summed E-state index contributed by atoms with van der Waals surface area (Å²) in [5.74, 6) is 2.49. The number of rotatable bonds is 5. The standard InChI is InChI=1S/C32H34O8/c1-15-7-19-23(13-39-15)31(33)29-21(9-17(35-3)11-25(29)37-5)27(19)28-20-8-16(2)40-14-24(20)32(34)30-22(28)10-18(36-4)12-26(30)38-6/h9-12,15-16,33-34H,7-8,13-14H2,1-6H3. The molecule has 4 aromatic rings. The minimum absolute atomic E-state index is 0.0545. The maximum absolute atomic E-state index is 11.6. The Morgan fingerprint density at radius 2 is 1.00 bits per heavy atom. The summed E-state index contributed by atoms with van der Waals surface area (Å²) in [4.78, 5) is 0. The van der Waals surface area contributed by atoms with Crippen molar-refractivity contribution in [3.63, 3.8) is 0 Å². The Morgan fingerprint density at radius 3 is 1.35 bits per heavy atom. The second-order valence-corrected chi connectivity index (χ2v) is 10.5. The van der Waals surface area contributed by atoms with Crippen molar-refractivity contribution in [3.05, 3.63) is 46.5 Å². The smallest absolute Gasteiger partial charge is 0.134 e. The van der Waals surface area contributed by atoms with E-state index in [0.717, 1.165) is 44.2 Å². The van der Waals surface area contributed by atoms with Crippen molar-refractivity contribution in [2.75, 3.05) is 28.4 Å². The van der Waals surface area contributed by atoms with E-state index in [2.05, 4.69) is 0 Å². The topological polar surface area (TPSA) is 95.8 Å². The van der Waals surface area contributed by atoms with E-state index in [-0.39, 0.29) is 36.9 Å². The number of phenolic OH excluding ortho intramolecular Hbond substituents is 2. The molecule has 40 heavy (non-hydrogen) atoms. The first-order valence-corrected chi connectivity index (χ1v) is 13.4. The monoisotopic (exact) mass is 546 g/mol. The molecule has 8 nitrogen and oxygen atoms in total. The van der Waals surface area contributed by atoms with Crippen LogP contribution in [0.25, 0.3) is 32.7 Å². The van der Waals surface area contributed by atoms with Crippen LogP contribution in [-0.4, -0.2) is 50.9 Å². The zero-order valence-corrected chi connectivity index (χ0v) is 23.6. The van der Waals surface area contributed by atoms with Gasteiger partial charge in [0.2, 0.25) is 0 Å². The summed E-state index contributed by atoms with van der Waals surface area (Å²) in [5.41, 5.74) is 5.34. The summed E-state index contributed by atoms with van der Waals surface area (Å²) < 4.78 is 35.0. The summed E-state index contributed by atoms with van der Waals surface area (Å²) in [6.07, 6.45) is 1.08. The Balaban J connectivity index is 1.90. The highest BCUT2D eigenvalue weighted by molar-refractivity contribution is 6.15. The lowest BCUT2D eigenvalue weighted by molar-refractivity contribution is 0.0393. The van der Waals surface area contributed by atoms with Gasteiger partial charge in [-0.05, 0) is 61.1 Å². The Kier molecular flexibility index (Phi) is 6.55. The highest BCUT2D eigenvalue weighted by Gasteiger charge is 2.33. The van der Waals surface area contributed by atoms with Gasteiger partial charge in [0.05, 0.1) is 64.6 Å². The van der Waals surface area contributed by atoms with E-state index in [1.165, 1.54) is 0 Å². The molecule has 4 aromatic carbocycles. The lowest BCUT2D eigenvalue weighted by Gasteiger charge is -2.32. The maximum Gasteiger partial charge on any atom is 0.134 e. The van der Waals surface area contributed by atoms with Crippen molar-refractivity contribution < 1.29 is 38.6 Å². The highest BCUT2D eigenvalue weighted by Crippen LogP contribution is 2.54. The van der Waals surface area contributed by atoms with E-state index in [0.29, 0.717) is 46.6 Å². The fourth-order valence-electron chi connectivity index (χ4n) is 6.31. The molecule has 2 atom stereocenters. The molecule has 8 heteroatoms. The van der Waals surface area contributed by atoms with E-state index in [9.17, 15) is 10.2 Å². The van der Waals surface area contributed by atoms with Crippen LogP contribution in [0.3, 0.4) is 0 Å². The van der Waals surface area contributed by atoms with Gasteiger partial charge in [-0.3, -0.25) is 0 Å². The van der Waals surface area contributed by atoms with Crippen LogP contribution in [0.1, 0.15) is 36.1 Å². The molecule has 0 fully saturated rings. The third-order valence-corrected chi connectivity index (χ3v) is 8.24. The molecule has 0 spiro atoms. The highest BCUT2D eigenvalue weighted by atomic mass is 16.5. The van der Waals surface area contributed by atoms with Gasteiger partial charge in [0.25, 0.3) is 0 Å². The minimum atomic E-state index is -0.0545. The van der Waals surface area contributed by atoms with Crippen LogP contribution in [0.2, 0.25) is 0 Å². The van der Waals surface area contributed by atoms with Crippen LogP contribution in [-0.2, 0) is 35.5 Å².